The molecule has 34 heavy (non-hydrogen) atoms. The lowest BCUT2D eigenvalue weighted by Gasteiger charge is -2.13. The minimum atomic E-state index is -0.553. The summed E-state index contributed by atoms with van der Waals surface area (Å²) in [5.41, 5.74) is 1.97. The molecule has 1 fully saturated rings. The number of anilines is 1. The van der Waals surface area contributed by atoms with Crippen LogP contribution in [0, 0.1) is 18.3 Å². The molecule has 2 aromatic rings. The molecular formula is C24H22ClN3O5S. The van der Waals surface area contributed by atoms with Crippen molar-refractivity contribution in [3.05, 3.63) is 57.5 Å². The number of rotatable bonds is 9. The maximum Gasteiger partial charge on any atom is 0.294 e. The summed E-state index contributed by atoms with van der Waals surface area (Å²) in [5.74, 6) is -0.0921. The van der Waals surface area contributed by atoms with Gasteiger partial charge in [0.05, 0.1) is 24.7 Å². The third kappa shape index (κ3) is 6.31. The van der Waals surface area contributed by atoms with E-state index in [1.807, 2.05) is 6.92 Å². The minimum absolute atomic E-state index is 0.195. The minimum Gasteiger partial charge on any atom is -0.493 e. The maximum absolute atomic E-state index is 12.8. The summed E-state index contributed by atoms with van der Waals surface area (Å²) in [4.78, 5) is 38.6. The number of hydrogen-bond donors (Lipinski definition) is 1. The molecule has 3 rings (SSSR count). The van der Waals surface area contributed by atoms with Crippen molar-refractivity contribution in [2.45, 2.75) is 19.8 Å². The van der Waals surface area contributed by atoms with Crippen LogP contribution < -0.4 is 14.8 Å². The van der Waals surface area contributed by atoms with Crippen molar-refractivity contribution in [2.75, 3.05) is 25.6 Å². The maximum atomic E-state index is 12.8. The highest BCUT2D eigenvalue weighted by atomic mass is 35.5. The normalized spacial score (nSPS) is 14.3. The number of benzene rings is 2. The van der Waals surface area contributed by atoms with Gasteiger partial charge in [-0.3, -0.25) is 19.3 Å². The van der Waals surface area contributed by atoms with Crippen LogP contribution in [0.2, 0.25) is 5.02 Å². The van der Waals surface area contributed by atoms with Gasteiger partial charge >= 0.3 is 0 Å². The number of ether oxygens (including phenoxy) is 2. The molecule has 0 atom stereocenters. The second-order valence-electron chi connectivity index (χ2n) is 7.30. The van der Waals surface area contributed by atoms with E-state index in [-0.39, 0.29) is 4.91 Å². The molecule has 3 amide bonds. The molecule has 2 aromatic carbocycles. The van der Waals surface area contributed by atoms with Gasteiger partial charge in [0.25, 0.3) is 11.1 Å². The van der Waals surface area contributed by atoms with Gasteiger partial charge in [-0.1, -0.05) is 23.7 Å². The van der Waals surface area contributed by atoms with Crippen LogP contribution in [-0.4, -0.2) is 42.2 Å². The van der Waals surface area contributed by atoms with Crippen molar-refractivity contribution in [2.24, 2.45) is 0 Å². The number of carbonyl (C=O) groups excluding carboxylic acids is 3. The van der Waals surface area contributed by atoms with Crippen LogP contribution in [0.15, 0.2) is 41.3 Å². The van der Waals surface area contributed by atoms with Crippen molar-refractivity contribution < 1.29 is 23.9 Å². The van der Waals surface area contributed by atoms with Gasteiger partial charge in [-0.15, -0.1) is 0 Å². The molecule has 1 aliphatic rings. The van der Waals surface area contributed by atoms with Gasteiger partial charge in [0, 0.05) is 17.1 Å². The van der Waals surface area contributed by atoms with Crippen LogP contribution in [0.3, 0.4) is 0 Å². The zero-order valence-electron chi connectivity index (χ0n) is 18.6. The number of nitrogens with one attached hydrogen (secondary N) is 1. The summed E-state index contributed by atoms with van der Waals surface area (Å²) in [6.07, 6.45) is 2.55. The number of amides is 3. The standard InChI is InChI=1S/C24H22ClN3O5S/c1-15-5-7-17(13-18(15)25)27-22(29)14-28-23(30)21(34-24(28)31)12-16-6-8-19(20(11-16)32-2)33-10-4-3-9-26/h5-8,11-13H,3-4,10,14H2,1-2H3,(H,27,29). The van der Waals surface area contributed by atoms with Crippen LogP contribution in [-0.2, 0) is 9.59 Å². The fourth-order valence-corrected chi connectivity index (χ4v) is 4.05. The van der Waals surface area contributed by atoms with Crippen LogP contribution in [0.1, 0.15) is 24.0 Å². The lowest BCUT2D eigenvalue weighted by Crippen LogP contribution is -2.36. The van der Waals surface area contributed by atoms with Gasteiger partial charge in [0.1, 0.15) is 6.54 Å². The number of aryl methyl sites for hydroxylation is 1. The Hall–Kier alpha value is -3.48. The number of hydrogen-bond acceptors (Lipinski definition) is 7. The van der Waals surface area contributed by atoms with E-state index in [9.17, 15) is 14.4 Å². The molecule has 0 unspecified atom stereocenters. The molecule has 0 saturated carbocycles. The first-order chi connectivity index (χ1) is 16.3. The second-order valence-corrected chi connectivity index (χ2v) is 8.70. The van der Waals surface area contributed by atoms with Crippen molar-refractivity contribution in [3.8, 4) is 17.6 Å². The first-order valence-corrected chi connectivity index (χ1v) is 11.5. The molecule has 0 radical (unpaired) electrons. The lowest BCUT2D eigenvalue weighted by molar-refractivity contribution is -0.127. The van der Waals surface area contributed by atoms with Crippen molar-refractivity contribution >= 4 is 52.2 Å². The number of unbranched alkanes of at least 4 members (excludes halogenated alkanes) is 1. The SMILES string of the molecule is COc1cc(C=C2SC(=O)N(CC(=O)Nc3ccc(C)c(Cl)c3)C2=O)ccc1OCCCC#N. The Morgan fingerprint density at radius 3 is 2.74 bits per heavy atom. The molecule has 0 bridgehead atoms. The first kappa shape index (κ1) is 25.1. The number of imide groups is 1. The van der Waals surface area contributed by atoms with E-state index in [4.69, 9.17) is 26.3 Å². The highest BCUT2D eigenvalue weighted by Crippen LogP contribution is 2.34. The van der Waals surface area contributed by atoms with Crippen LogP contribution in [0.5, 0.6) is 11.5 Å². The van der Waals surface area contributed by atoms with Crippen LogP contribution >= 0.6 is 23.4 Å². The first-order valence-electron chi connectivity index (χ1n) is 10.3. The van der Waals surface area contributed by atoms with E-state index in [1.54, 1.807) is 42.5 Å². The molecule has 1 aliphatic heterocycles. The summed E-state index contributed by atoms with van der Waals surface area (Å²) < 4.78 is 11.0. The third-order valence-corrected chi connectivity index (χ3v) is 6.12. The average molecular weight is 500 g/mol. The Bertz CT molecular complexity index is 1190. The van der Waals surface area contributed by atoms with Gasteiger partial charge in [0.15, 0.2) is 11.5 Å². The van der Waals surface area contributed by atoms with Crippen molar-refractivity contribution in [3.63, 3.8) is 0 Å². The number of halogens is 1. The third-order valence-electron chi connectivity index (χ3n) is 4.81. The van der Waals surface area contributed by atoms with E-state index >= 15 is 0 Å². The largest absolute Gasteiger partial charge is 0.493 e. The predicted molar refractivity (Wildman–Crippen MR) is 131 cm³/mol. The topological polar surface area (TPSA) is 109 Å². The summed E-state index contributed by atoms with van der Waals surface area (Å²) in [6.45, 7) is 1.80. The molecule has 1 N–H and O–H groups in total. The van der Waals surface area contributed by atoms with Gasteiger partial charge in [-0.2, -0.15) is 5.26 Å². The molecule has 1 saturated heterocycles. The predicted octanol–water partition coefficient (Wildman–Crippen LogP) is 5.01. The number of methoxy groups -OCH3 is 1. The smallest absolute Gasteiger partial charge is 0.294 e. The Morgan fingerprint density at radius 1 is 1.24 bits per heavy atom. The van der Waals surface area contributed by atoms with E-state index in [0.29, 0.717) is 47.2 Å². The molecule has 0 spiro atoms. The van der Waals surface area contributed by atoms with E-state index < -0.39 is 23.6 Å². The van der Waals surface area contributed by atoms with Gasteiger partial charge in [-0.25, -0.2) is 0 Å². The molecule has 1 heterocycles. The van der Waals surface area contributed by atoms with Crippen LogP contribution in [0.4, 0.5) is 10.5 Å². The number of nitriles is 1. The zero-order valence-corrected chi connectivity index (χ0v) is 20.2. The highest BCUT2D eigenvalue weighted by molar-refractivity contribution is 8.18. The molecule has 10 heteroatoms. The second kappa shape index (κ2) is 11.6. The molecule has 176 valence electrons. The fourth-order valence-electron chi connectivity index (χ4n) is 3.03. The Morgan fingerprint density at radius 2 is 2.03 bits per heavy atom. The molecule has 0 aromatic heterocycles. The summed E-state index contributed by atoms with van der Waals surface area (Å²) in [5, 5.41) is 11.2. The number of thioether (sulfide) groups is 1. The monoisotopic (exact) mass is 499 g/mol. The Labute approximate surface area is 206 Å². The summed E-state index contributed by atoms with van der Waals surface area (Å²) in [6, 6.07) is 12.2. The zero-order chi connectivity index (χ0) is 24.7. The number of nitrogens with zero attached hydrogens (tertiary/aromatic N) is 2. The number of carbonyl (C=O) groups is 3. The summed E-state index contributed by atoms with van der Waals surface area (Å²) in [7, 11) is 1.50. The lowest BCUT2D eigenvalue weighted by atomic mass is 10.2. The van der Waals surface area contributed by atoms with E-state index in [0.717, 1.165) is 22.2 Å². The van der Waals surface area contributed by atoms with Crippen molar-refractivity contribution in [1.82, 2.24) is 4.90 Å². The molecular weight excluding hydrogens is 478 g/mol. The molecule has 8 nitrogen and oxygen atoms in total. The van der Waals surface area contributed by atoms with E-state index in [1.165, 1.54) is 7.11 Å². The van der Waals surface area contributed by atoms with Gasteiger partial charge in [0.2, 0.25) is 5.91 Å². The Balaban J connectivity index is 1.67. The van der Waals surface area contributed by atoms with Gasteiger partial charge < -0.3 is 14.8 Å². The van der Waals surface area contributed by atoms with E-state index in [2.05, 4.69) is 11.4 Å². The highest BCUT2D eigenvalue weighted by Gasteiger charge is 2.36. The fraction of sp³-hybridized carbons (Fsp3) is 0.250. The average Bonchev–Trinajstić information content (AvgIpc) is 3.07. The molecule has 0 aliphatic carbocycles. The Kier molecular flexibility index (Phi) is 8.57. The summed E-state index contributed by atoms with van der Waals surface area (Å²) >= 11 is 6.83. The quantitative estimate of drug-likeness (QED) is 0.381. The van der Waals surface area contributed by atoms with Crippen LogP contribution in [0.25, 0.3) is 6.08 Å². The van der Waals surface area contributed by atoms with Gasteiger partial charge in [-0.05, 0) is 66.6 Å². The van der Waals surface area contributed by atoms with Crippen molar-refractivity contribution in [1.29, 1.82) is 5.26 Å².